The third kappa shape index (κ3) is 4.91. The number of benzene rings is 2. The van der Waals surface area contributed by atoms with E-state index in [-0.39, 0.29) is 29.1 Å². The minimum absolute atomic E-state index is 0.0885. The van der Waals surface area contributed by atoms with Crippen molar-refractivity contribution in [2.75, 3.05) is 12.3 Å². The largest absolute Gasteiger partial charge is 0.454 e. The van der Waals surface area contributed by atoms with Crippen LogP contribution in [0.1, 0.15) is 25.7 Å². The number of likely N-dealkylation sites (tertiary alicyclic amines) is 1. The summed E-state index contributed by atoms with van der Waals surface area (Å²) in [5.74, 6) is 0.378. The number of allylic oxidation sites excluding steroid dienone is 1. The first kappa shape index (κ1) is 24.6. The molecule has 2 aromatic heterocycles. The first-order valence-corrected chi connectivity index (χ1v) is 12.9. The molecule has 3 heterocycles. The second-order valence-electron chi connectivity index (χ2n) is 9.87. The molecule has 2 N–H and O–H groups in total. The van der Waals surface area contributed by atoms with Gasteiger partial charge in [0.15, 0.2) is 17.2 Å². The molecule has 196 valence electrons. The van der Waals surface area contributed by atoms with Crippen LogP contribution in [0.2, 0.25) is 0 Å². The van der Waals surface area contributed by atoms with Gasteiger partial charge in [0.25, 0.3) is 5.91 Å². The van der Waals surface area contributed by atoms with Gasteiger partial charge in [0.05, 0.1) is 18.0 Å². The summed E-state index contributed by atoms with van der Waals surface area (Å²) in [6.07, 6.45) is 6.80. The minimum Gasteiger partial charge on any atom is -0.454 e. The highest BCUT2D eigenvalue weighted by Crippen LogP contribution is 2.35. The van der Waals surface area contributed by atoms with Crippen LogP contribution in [0.25, 0.3) is 22.3 Å². The van der Waals surface area contributed by atoms with Gasteiger partial charge in [-0.15, -0.1) is 0 Å². The first-order chi connectivity index (χ1) is 19.0. The summed E-state index contributed by atoms with van der Waals surface area (Å²) < 4.78 is 22.5. The van der Waals surface area contributed by atoms with Gasteiger partial charge < -0.3 is 15.4 Å². The molecule has 1 aliphatic carbocycles. The van der Waals surface area contributed by atoms with E-state index in [1.165, 1.54) is 12.4 Å². The number of para-hydroxylation sites is 1. The van der Waals surface area contributed by atoms with Crippen LogP contribution < -0.4 is 10.5 Å². The van der Waals surface area contributed by atoms with Crippen molar-refractivity contribution < 1.29 is 13.9 Å². The number of nitrogen functional groups attached to an aromatic ring is 1. The van der Waals surface area contributed by atoms with E-state index in [1.807, 2.05) is 18.2 Å². The SMILES string of the molecule is N#CC(=CC1CC1)C(=O)N1CCC[C@@H]1Cn1nc(-c2ccc(Oc3ccccc3)c(F)c2)c2c(N)ncnc21. The Morgan fingerprint density at radius 2 is 2.00 bits per heavy atom. The molecule has 4 aromatic rings. The van der Waals surface area contributed by atoms with E-state index < -0.39 is 5.82 Å². The second-order valence-corrected chi connectivity index (χ2v) is 9.87. The first-order valence-electron chi connectivity index (χ1n) is 12.9. The number of ether oxygens (including phenoxy) is 1. The molecule has 0 spiro atoms. The lowest BCUT2D eigenvalue weighted by molar-refractivity contribution is -0.127. The van der Waals surface area contributed by atoms with Crippen LogP contribution in [0, 0.1) is 23.1 Å². The molecule has 1 atom stereocenters. The number of anilines is 1. The Morgan fingerprint density at radius 3 is 2.74 bits per heavy atom. The monoisotopic (exact) mass is 523 g/mol. The average molecular weight is 524 g/mol. The Bertz CT molecular complexity index is 1620. The Balaban J connectivity index is 1.31. The summed E-state index contributed by atoms with van der Waals surface area (Å²) in [6.45, 7) is 0.934. The zero-order valence-corrected chi connectivity index (χ0v) is 21.1. The predicted molar refractivity (Wildman–Crippen MR) is 143 cm³/mol. The smallest absolute Gasteiger partial charge is 0.264 e. The maximum absolute atomic E-state index is 15.1. The molecular weight excluding hydrogens is 497 g/mol. The molecule has 1 saturated heterocycles. The molecule has 1 amide bonds. The number of aromatic nitrogens is 4. The normalized spacial score (nSPS) is 17.4. The maximum Gasteiger partial charge on any atom is 0.264 e. The highest BCUT2D eigenvalue weighted by Gasteiger charge is 2.33. The lowest BCUT2D eigenvalue weighted by Crippen LogP contribution is -2.39. The number of nitriles is 1. The van der Waals surface area contributed by atoms with Gasteiger partial charge in [-0.25, -0.2) is 19.0 Å². The molecule has 39 heavy (non-hydrogen) atoms. The van der Waals surface area contributed by atoms with E-state index in [1.54, 1.807) is 39.9 Å². The molecule has 2 fully saturated rings. The third-order valence-corrected chi connectivity index (χ3v) is 7.13. The summed E-state index contributed by atoms with van der Waals surface area (Å²) in [5, 5.41) is 14.9. The van der Waals surface area contributed by atoms with Crippen molar-refractivity contribution in [3.05, 3.63) is 72.3 Å². The summed E-state index contributed by atoms with van der Waals surface area (Å²) in [6, 6.07) is 15.5. The summed E-state index contributed by atoms with van der Waals surface area (Å²) in [5.41, 5.74) is 7.88. The van der Waals surface area contributed by atoms with E-state index in [0.717, 1.165) is 25.7 Å². The molecule has 0 bridgehead atoms. The van der Waals surface area contributed by atoms with Gasteiger partial charge >= 0.3 is 0 Å². The Kier molecular flexibility index (Phi) is 6.40. The number of carbonyl (C=O) groups excluding carboxylic acids is 1. The lowest BCUT2D eigenvalue weighted by atomic mass is 10.1. The molecule has 1 saturated carbocycles. The van der Waals surface area contributed by atoms with Crippen LogP contribution in [-0.2, 0) is 11.3 Å². The third-order valence-electron chi connectivity index (χ3n) is 7.13. The molecule has 9 nitrogen and oxygen atoms in total. The number of rotatable bonds is 7. The summed E-state index contributed by atoms with van der Waals surface area (Å²) in [7, 11) is 0. The molecule has 0 radical (unpaired) electrons. The highest BCUT2D eigenvalue weighted by atomic mass is 19.1. The van der Waals surface area contributed by atoms with Crippen LogP contribution in [0.15, 0.2) is 66.5 Å². The standard InChI is InChI=1S/C29H26FN7O2/c30-23-14-19(10-11-24(23)39-22-6-2-1-3-7-22)26-25-27(32)33-17-34-28(25)37(35-26)16-21-5-4-12-36(21)29(38)20(15-31)13-18-8-9-18/h1-3,6-7,10-11,13-14,17-18,21H,4-5,8-9,12,16H2,(H2,32,33,34)/t21-/m1/s1. The Labute approximate surface area is 224 Å². The van der Waals surface area contributed by atoms with Gasteiger partial charge in [-0.1, -0.05) is 24.3 Å². The fourth-order valence-corrected chi connectivity index (χ4v) is 5.01. The van der Waals surface area contributed by atoms with Crippen LogP contribution in [0.4, 0.5) is 10.2 Å². The van der Waals surface area contributed by atoms with Crippen LogP contribution >= 0.6 is 0 Å². The fourth-order valence-electron chi connectivity index (χ4n) is 5.01. The van der Waals surface area contributed by atoms with E-state index in [4.69, 9.17) is 15.6 Å². The topological polar surface area (TPSA) is 123 Å². The number of nitrogens with two attached hydrogens (primary N) is 1. The van der Waals surface area contributed by atoms with Crippen molar-refractivity contribution in [2.45, 2.75) is 38.3 Å². The van der Waals surface area contributed by atoms with Gasteiger partial charge in [-0.05, 0) is 61.9 Å². The molecule has 2 aromatic carbocycles. The van der Waals surface area contributed by atoms with E-state index in [2.05, 4.69) is 16.0 Å². The van der Waals surface area contributed by atoms with Crippen LogP contribution in [0.5, 0.6) is 11.5 Å². The number of hydrogen-bond acceptors (Lipinski definition) is 7. The van der Waals surface area contributed by atoms with Crippen LogP contribution in [-0.4, -0.2) is 43.1 Å². The van der Waals surface area contributed by atoms with Gasteiger partial charge in [0.2, 0.25) is 0 Å². The Morgan fingerprint density at radius 1 is 1.18 bits per heavy atom. The minimum atomic E-state index is -0.548. The lowest BCUT2D eigenvalue weighted by Gasteiger charge is -2.24. The van der Waals surface area contributed by atoms with Gasteiger partial charge in [-0.2, -0.15) is 10.4 Å². The fraction of sp³-hybridized carbons (Fsp3) is 0.276. The molecule has 1 aliphatic heterocycles. The average Bonchev–Trinajstić information content (AvgIpc) is 3.52. The van der Waals surface area contributed by atoms with Gasteiger partial charge in [-0.3, -0.25) is 4.79 Å². The van der Waals surface area contributed by atoms with Crippen molar-refractivity contribution in [2.24, 2.45) is 5.92 Å². The number of nitrogens with zero attached hydrogens (tertiary/aromatic N) is 6. The summed E-state index contributed by atoms with van der Waals surface area (Å²) >= 11 is 0. The van der Waals surface area contributed by atoms with Gasteiger partial charge in [0.1, 0.15) is 35.2 Å². The quantitative estimate of drug-likeness (QED) is 0.271. The molecule has 2 aliphatic rings. The number of carbonyl (C=O) groups is 1. The number of amides is 1. The van der Waals surface area contributed by atoms with Crippen molar-refractivity contribution in [3.63, 3.8) is 0 Å². The van der Waals surface area contributed by atoms with E-state index in [0.29, 0.717) is 47.0 Å². The second kappa shape index (κ2) is 10.2. The van der Waals surface area contributed by atoms with E-state index in [9.17, 15) is 10.1 Å². The highest BCUT2D eigenvalue weighted by molar-refractivity contribution is 5.99. The molecule has 6 rings (SSSR count). The van der Waals surface area contributed by atoms with Gasteiger partial charge in [0, 0.05) is 12.1 Å². The molecule has 10 heteroatoms. The van der Waals surface area contributed by atoms with Crippen molar-refractivity contribution in [3.8, 4) is 28.8 Å². The predicted octanol–water partition coefficient (Wildman–Crippen LogP) is 4.86. The zero-order valence-electron chi connectivity index (χ0n) is 21.1. The van der Waals surface area contributed by atoms with Crippen molar-refractivity contribution in [1.82, 2.24) is 24.6 Å². The maximum atomic E-state index is 15.1. The molecular formula is C29H26FN7O2. The zero-order chi connectivity index (χ0) is 26.9. The van der Waals surface area contributed by atoms with Crippen LogP contribution in [0.3, 0.4) is 0 Å². The van der Waals surface area contributed by atoms with Crippen molar-refractivity contribution >= 4 is 22.8 Å². The summed E-state index contributed by atoms with van der Waals surface area (Å²) in [4.78, 5) is 23.5. The van der Waals surface area contributed by atoms with E-state index >= 15 is 4.39 Å². The van der Waals surface area contributed by atoms with Crippen molar-refractivity contribution in [1.29, 1.82) is 5.26 Å². The molecule has 0 unspecified atom stereocenters. The number of halogens is 1. The number of fused-ring (bicyclic) bond motifs is 1. The number of hydrogen-bond donors (Lipinski definition) is 1. The Hall–Kier alpha value is -4.78.